The highest BCUT2D eigenvalue weighted by atomic mass is 16.7. The minimum atomic E-state index is -0.0879. The van der Waals surface area contributed by atoms with Crippen LogP contribution in [0.2, 0.25) is 0 Å². The molecule has 1 aromatic carbocycles. The van der Waals surface area contributed by atoms with Crippen LogP contribution in [0.25, 0.3) is 0 Å². The SMILES string of the molecule is CCCOc1ccc(C(CC2OCCO2)NCC)cc1. The van der Waals surface area contributed by atoms with E-state index in [-0.39, 0.29) is 12.3 Å². The van der Waals surface area contributed by atoms with Gasteiger partial charge in [0.2, 0.25) is 0 Å². The van der Waals surface area contributed by atoms with Crippen LogP contribution in [0.15, 0.2) is 24.3 Å². The fraction of sp³-hybridized carbons (Fsp3) is 0.625. The monoisotopic (exact) mass is 279 g/mol. The summed E-state index contributed by atoms with van der Waals surface area (Å²) in [6.45, 7) is 7.31. The number of rotatable bonds is 8. The third kappa shape index (κ3) is 4.47. The maximum Gasteiger partial charge on any atom is 0.159 e. The van der Waals surface area contributed by atoms with Crippen LogP contribution < -0.4 is 10.1 Å². The van der Waals surface area contributed by atoms with Crippen LogP contribution in [-0.2, 0) is 9.47 Å². The lowest BCUT2D eigenvalue weighted by Gasteiger charge is -2.21. The van der Waals surface area contributed by atoms with E-state index in [1.54, 1.807) is 0 Å². The molecule has 0 radical (unpaired) electrons. The molecule has 1 heterocycles. The van der Waals surface area contributed by atoms with Crippen LogP contribution in [0, 0.1) is 0 Å². The minimum absolute atomic E-state index is 0.0879. The number of nitrogens with one attached hydrogen (secondary N) is 1. The third-order valence-corrected chi connectivity index (χ3v) is 3.32. The molecule has 1 fully saturated rings. The first kappa shape index (κ1) is 15.3. The molecule has 1 aliphatic rings. The van der Waals surface area contributed by atoms with Crippen molar-refractivity contribution < 1.29 is 14.2 Å². The molecule has 4 heteroatoms. The maximum atomic E-state index is 5.61. The predicted octanol–water partition coefficient (Wildman–Crippen LogP) is 2.89. The molecular weight excluding hydrogens is 254 g/mol. The Labute approximate surface area is 121 Å². The lowest BCUT2D eigenvalue weighted by Crippen LogP contribution is -2.25. The smallest absolute Gasteiger partial charge is 0.159 e. The summed E-state index contributed by atoms with van der Waals surface area (Å²) in [5.41, 5.74) is 1.25. The van der Waals surface area contributed by atoms with Gasteiger partial charge in [0.05, 0.1) is 19.8 Å². The van der Waals surface area contributed by atoms with Crippen LogP contribution in [0.3, 0.4) is 0 Å². The van der Waals surface area contributed by atoms with E-state index in [4.69, 9.17) is 14.2 Å². The second-order valence-electron chi connectivity index (χ2n) is 4.93. The summed E-state index contributed by atoms with van der Waals surface area (Å²) < 4.78 is 16.7. The third-order valence-electron chi connectivity index (χ3n) is 3.32. The molecular formula is C16H25NO3. The molecule has 1 atom stereocenters. The summed E-state index contributed by atoms with van der Waals surface area (Å²) in [5.74, 6) is 0.930. The van der Waals surface area contributed by atoms with E-state index in [2.05, 4.69) is 31.3 Å². The Morgan fingerprint density at radius 1 is 1.20 bits per heavy atom. The van der Waals surface area contributed by atoms with Crippen LogP contribution in [0.5, 0.6) is 5.75 Å². The molecule has 0 aromatic heterocycles. The number of ether oxygens (including phenoxy) is 3. The summed E-state index contributed by atoms with van der Waals surface area (Å²) in [7, 11) is 0. The molecule has 0 spiro atoms. The average molecular weight is 279 g/mol. The largest absolute Gasteiger partial charge is 0.494 e. The van der Waals surface area contributed by atoms with E-state index in [0.717, 1.165) is 31.7 Å². The quantitative estimate of drug-likeness (QED) is 0.794. The normalized spacial score (nSPS) is 17.3. The summed E-state index contributed by atoms with van der Waals surface area (Å²) in [6, 6.07) is 8.56. The fourth-order valence-electron chi connectivity index (χ4n) is 2.34. The molecule has 2 rings (SSSR count). The van der Waals surface area contributed by atoms with Gasteiger partial charge in [0, 0.05) is 12.5 Å². The van der Waals surface area contributed by atoms with Gasteiger partial charge in [-0.05, 0) is 30.7 Å². The van der Waals surface area contributed by atoms with Gasteiger partial charge >= 0.3 is 0 Å². The molecule has 112 valence electrons. The van der Waals surface area contributed by atoms with Crippen molar-refractivity contribution in [1.29, 1.82) is 0 Å². The molecule has 0 aliphatic carbocycles. The lowest BCUT2D eigenvalue weighted by atomic mass is 10.0. The standard InChI is InChI=1S/C16H25NO3/c1-3-9-18-14-7-5-13(6-8-14)15(17-4-2)12-16-19-10-11-20-16/h5-8,15-17H,3-4,9-12H2,1-2H3. The Hall–Kier alpha value is -1.10. The van der Waals surface area contributed by atoms with Crippen molar-refractivity contribution in [1.82, 2.24) is 5.32 Å². The maximum absolute atomic E-state index is 5.61. The number of hydrogen-bond donors (Lipinski definition) is 1. The summed E-state index contributed by atoms with van der Waals surface area (Å²) in [4.78, 5) is 0. The number of benzene rings is 1. The van der Waals surface area contributed by atoms with Crippen molar-refractivity contribution in [2.75, 3.05) is 26.4 Å². The predicted molar refractivity (Wildman–Crippen MR) is 79.0 cm³/mol. The molecule has 4 nitrogen and oxygen atoms in total. The zero-order chi connectivity index (χ0) is 14.2. The minimum Gasteiger partial charge on any atom is -0.494 e. The molecule has 0 saturated carbocycles. The summed E-state index contributed by atoms with van der Waals surface area (Å²) in [5, 5.41) is 3.49. The second-order valence-corrected chi connectivity index (χ2v) is 4.93. The van der Waals surface area contributed by atoms with Gasteiger partial charge in [0.1, 0.15) is 5.75 Å². The van der Waals surface area contributed by atoms with Crippen molar-refractivity contribution in [3.63, 3.8) is 0 Å². The number of hydrogen-bond acceptors (Lipinski definition) is 4. The highest BCUT2D eigenvalue weighted by Crippen LogP contribution is 2.24. The van der Waals surface area contributed by atoms with Crippen LogP contribution in [0.1, 0.15) is 38.3 Å². The van der Waals surface area contributed by atoms with Crippen molar-refractivity contribution in [3.05, 3.63) is 29.8 Å². The van der Waals surface area contributed by atoms with E-state index >= 15 is 0 Å². The zero-order valence-corrected chi connectivity index (χ0v) is 12.4. The summed E-state index contributed by atoms with van der Waals surface area (Å²) in [6.07, 6.45) is 1.77. The van der Waals surface area contributed by atoms with E-state index in [1.165, 1.54) is 5.56 Å². The highest BCUT2D eigenvalue weighted by molar-refractivity contribution is 5.29. The van der Waals surface area contributed by atoms with Gasteiger partial charge in [-0.3, -0.25) is 0 Å². The average Bonchev–Trinajstić information content (AvgIpc) is 2.98. The molecule has 1 aliphatic heterocycles. The molecule has 1 N–H and O–H groups in total. The Kier molecular flexibility index (Phi) is 6.30. The van der Waals surface area contributed by atoms with Crippen molar-refractivity contribution in [2.45, 2.75) is 39.0 Å². The first-order chi connectivity index (χ1) is 9.83. The van der Waals surface area contributed by atoms with E-state index in [9.17, 15) is 0 Å². The van der Waals surface area contributed by atoms with Gasteiger partial charge < -0.3 is 19.5 Å². The Morgan fingerprint density at radius 2 is 1.90 bits per heavy atom. The topological polar surface area (TPSA) is 39.7 Å². The zero-order valence-electron chi connectivity index (χ0n) is 12.4. The van der Waals surface area contributed by atoms with Gasteiger partial charge in [-0.1, -0.05) is 26.0 Å². The molecule has 1 aromatic rings. The van der Waals surface area contributed by atoms with Crippen molar-refractivity contribution in [2.24, 2.45) is 0 Å². The first-order valence-electron chi connectivity index (χ1n) is 7.52. The van der Waals surface area contributed by atoms with Gasteiger partial charge in [0.15, 0.2) is 6.29 Å². The van der Waals surface area contributed by atoms with Crippen LogP contribution in [-0.4, -0.2) is 32.7 Å². The van der Waals surface area contributed by atoms with Crippen LogP contribution >= 0.6 is 0 Å². The molecule has 0 bridgehead atoms. The molecule has 20 heavy (non-hydrogen) atoms. The van der Waals surface area contributed by atoms with Gasteiger partial charge in [-0.15, -0.1) is 0 Å². The molecule has 0 amide bonds. The van der Waals surface area contributed by atoms with Crippen LogP contribution in [0.4, 0.5) is 0 Å². The van der Waals surface area contributed by atoms with E-state index in [0.29, 0.717) is 13.2 Å². The Bertz CT molecular complexity index is 374. The van der Waals surface area contributed by atoms with E-state index < -0.39 is 0 Å². The second kappa shape index (κ2) is 8.25. The van der Waals surface area contributed by atoms with E-state index in [1.807, 2.05) is 12.1 Å². The van der Waals surface area contributed by atoms with Gasteiger partial charge in [0.25, 0.3) is 0 Å². The Balaban J connectivity index is 1.96. The van der Waals surface area contributed by atoms with Crippen molar-refractivity contribution >= 4 is 0 Å². The van der Waals surface area contributed by atoms with Gasteiger partial charge in [-0.25, -0.2) is 0 Å². The van der Waals surface area contributed by atoms with Gasteiger partial charge in [-0.2, -0.15) is 0 Å². The van der Waals surface area contributed by atoms with Crippen molar-refractivity contribution in [3.8, 4) is 5.75 Å². The molecule has 1 saturated heterocycles. The summed E-state index contributed by atoms with van der Waals surface area (Å²) >= 11 is 0. The fourth-order valence-corrected chi connectivity index (χ4v) is 2.34. The molecule has 1 unspecified atom stereocenters. The highest BCUT2D eigenvalue weighted by Gasteiger charge is 2.22. The first-order valence-corrected chi connectivity index (χ1v) is 7.52. The Morgan fingerprint density at radius 3 is 2.50 bits per heavy atom. The lowest BCUT2D eigenvalue weighted by molar-refractivity contribution is -0.0529.